The molecule has 1 unspecified atom stereocenters. The SMILES string of the molecule is CCN1CCCC1CNc1nc(Nc2ccc(OC)c(F)c2)nc(N2CCN(c3ccccn3)CC2)n1. The van der Waals surface area contributed by atoms with E-state index in [-0.39, 0.29) is 5.75 Å². The molecule has 3 aromatic rings. The van der Waals surface area contributed by atoms with E-state index in [1.54, 1.807) is 12.1 Å². The fourth-order valence-corrected chi connectivity index (χ4v) is 4.94. The molecule has 2 aliphatic heterocycles. The normalized spacial score (nSPS) is 18.2. The molecule has 2 saturated heterocycles. The summed E-state index contributed by atoms with van der Waals surface area (Å²) < 4.78 is 19.3. The number of nitrogens with zero attached hydrogens (tertiary/aromatic N) is 7. The van der Waals surface area contributed by atoms with Crippen LogP contribution in [0.4, 0.5) is 33.7 Å². The van der Waals surface area contributed by atoms with Crippen molar-refractivity contribution in [2.45, 2.75) is 25.8 Å². The second kappa shape index (κ2) is 11.5. The molecule has 1 aromatic carbocycles. The molecule has 196 valence electrons. The molecular formula is C26H34FN9O. The third-order valence-electron chi connectivity index (χ3n) is 6.97. The van der Waals surface area contributed by atoms with E-state index in [1.807, 2.05) is 24.4 Å². The van der Waals surface area contributed by atoms with Crippen LogP contribution in [0.3, 0.4) is 0 Å². The van der Waals surface area contributed by atoms with Gasteiger partial charge < -0.3 is 25.2 Å². The van der Waals surface area contributed by atoms with Gasteiger partial charge in [-0.3, -0.25) is 4.90 Å². The zero-order valence-electron chi connectivity index (χ0n) is 21.4. The Hall–Kier alpha value is -3.73. The van der Waals surface area contributed by atoms with Crippen LogP contribution in [0.2, 0.25) is 0 Å². The van der Waals surface area contributed by atoms with Gasteiger partial charge in [0.2, 0.25) is 17.8 Å². The molecule has 2 aromatic heterocycles. The summed E-state index contributed by atoms with van der Waals surface area (Å²) in [7, 11) is 1.44. The van der Waals surface area contributed by atoms with Crippen LogP contribution >= 0.6 is 0 Å². The van der Waals surface area contributed by atoms with Crippen molar-refractivity contribution in [1.29, 1.82) is 0 Å². The van der Waals surface area contributed by atoms with E-state index >= 15 is 0 Å². The van der Waals surface area contributed by atoms with Crippen LogP contribution in [-0.4, -0.2) is 83.8 Å². The van der Waals surface area contributed by atoms with Crippen molar-refractivity contribution >= 4 is 29.4 Å². The van der Waals surface area contributed by atoms with Crippen LogP contribution < -0.4 is 25.2 Å². The van der Waals surface area contributed by atoms with Crippen molar-refractivity contribution in [2.75, 3.05) is 73.4 Å². The number of likely N-dealkylation sites (N-methyl/N-ethyl adjacent to an activating group) is 1. The number of pyridine rings is 1. The summed E-state index contributed by atoms with van der Waals surface area (Å²) in [4.78, 5) is 25.4. The highest BCUT2D eigenvalue weighted by Gasteiger charge is 2.24. The van der Waals surface area contributed by atoms with E-state index in [4.69, 9.17) is 9.72 Å². The molecule has 2 aliphatic rings. The standard InChI is InChI=1S/C26H34FN9O/c1-3-34-12-6-7-20(34)18-29-24-31-25(30-19-9-10-22(37-2)21(27)17-19)33-26(32-24)36-15-13-35(14-16-36)23-8-4-5-11-28-23/h4-5,8-11,17,20H,3,6-7,12-16,18H2,1-2H3,(H2,29,30,31,32,33). The lowest BCUT2D eigenvalue weighted by atomic mass is 10.2. The van der Waals surface area contributed by atoms with Gasteiger partial charge >= 0.3 is 0 Å². The summed E-state index contributed by atoms with van der Waals surface area (Å²) in [6, 6.07) is 11.1. The third kappa shape index (κ3) is 5.99. The predicted octanol–water partition coefficient (Wildman–Crippen LogP) is 3.38. The van der Waals surface area contributed by atoms with Gasteiger partial charge in [-0.05, 0) is 50.2 Å². The van der Waals surface area contributed by atoms with Crippen molar-refractivity contribution in [3.05, 3.63) is 48.4 Å². The topological polar surface area (TPSA) is 94.6 Å². The lowest BCUT2D eigenvalue weighted by molar-refractivity contribution is 0.277. The Morgan fingerprint density at radius 1 is 1.00 bits per heavy atom. The van der Waals surface area contributed by atoms with Crippen LogP contribution in [-0.2, 0) is 0 Å². The van der Waals surface area contributed by atoms with Crippen LogP contribution in [0.25, 0.3) is 0 Å². The summed E-state index contributed by atoms with van der Waals surface area (Å²) in [5.41, 5.74) is 0.536. The monoisotopic (exact) mass is 507 g/mol. The first-order valence-electron chi connectivity index (χ1n) is 12.9. The van der Waals surface area contributed by atoms with E-state index < -0.39 is 5.82 Å². The van der Waals surface area contributed by atoms with Crippen LogP contribution in [0.5, 0.6) is 5.75 Å². The number of ether oxygens (including phenoxy) is 1. The van der Waals surface area contributed by atoms with Crippen molar-refractivity contribution in [3.8, 4) is 5.75 Å². The summed E-state index contributed by atoms with van der Waals surface area (Å²) in [5, 5.41) is 6.58. The highest BCUT2D eigenvalue weighted by molar-refractivity contribution is 5.57. The number of benzene rings is 1. The Bertz CT molecular complexity index is 1170. The van der Waals surface area contributed by atoms with Crippen LogP contribution in [0.1, 0.15) is 19.8 Å². The molecule has 1 atom stereocenters. The quantitative estimate of drug-likeness (QED) is 0.449. The first-order chi connectivity index (χ1) is 18.1. The number of piperazine rings is 1. The fourth-order valence-electron chi connectivity index (χ4n) is 4.94. The first kappa shape index (κ1) is 24.9. The maximum atomic E-state index is 14.3. The largest absolute Gasteiger partial charge is 0.494 e. The summed E-state index contributed by atoms with van der Waals surface area (Å²) in [6.45, 7) is 8.25. The summed E-state index contributed by atoms with van der Waals surface area (Å²) in [6.07, 6.45) is 4.18. The van der Waals surface area contributed by atoms with Crippen LogP contribution in [0, 0.1) is 5.82 Å². The maximum absolute atomic E-state index is 14.3. The highest BCUT2D eigenvalue weighted by atomic mass is 19.1. The van der Waals surface area contributed by atoms with E-state index in [1.165, 1.54) is 19.6 Å². The maximum Gasteiger partial charge on any atom is 0.233 e. The molecule has 37 heavy (non-hydrogen) atoms. The number of methoxy groups -OCH3 is 1. The first-order valence-corrected chi connectivity index (χ1v) is 12.9. The molecule has 0 aliphatic carbocycles. The second-order valence-corrected chi connectivity index (χ2v) is 9.22. The Morgan fingerprint density at radius 3 is 2.54 bits per heavy atom. The Balaban J connectivity index is 1.34. The summed E-state index contributed by atoms with van der Waals surface area (Å²) >= 11 is 0. The number of hydrogen-bond acceptors (Lipinski definition) is 10. The molecule has 2 N–H and O–H groups in total. The fraction of sp³-hybridized carbons (Fsp3) is 0.462. The zero-order valence-corrected chi connectivity index (χ0v) is 21.4. The minimum Gasteiger partial charge on any atom is -0.494 e. The Kier molecular flexibility index (Phi) is 7.79. The zero-order chi connectivity index (χ0) is 25.6. The summed E-state index contributed by atoms with van der Waals surface area (Å²) in [5.74, 6) is 2.17. The molecule has 0 bridgehead atoms. The smallest absolute Gasteiger partial charge is 0.233 e. The molecule has 5 rings (SSSR count). The second-order valence-electron chi connectivity index (χ2n) is 9.22. The van der Waals surface area contributed by atoms with Gasteiger partial charge in [0.05, 0.1) is 7.11 Å². The Morgan fingerprint density at radius 2 is 1.81 bits per heavy atom. The molecule has 0 amide bonds. The Labute approximate surface area is 216 Å². The predicted molar refractivity (Wildman–Crippen MR) is 143 cm³/mol. The molecule has 0 spiro atoms. The minimum absolute atomic E-state index is 0.187. The number of nitrogens with one attached hydrogen (secondary N) is 2. The molecule has 11 heteroatoms. The van der Waals surface area contributed by atoms with Gasteiger partial charge in [0.1, 0.15) is 5.82 Å². The van der Waals surface area contributed by atoms with E-state index in [9.17, 15) is 4.39 Å². The average molecular weight is 508 g/mol. The number of likely N-dealkylation sites (tertiary alicyclic amines) is 1. The number of halogens is 1. The number of rotatable bonds is 9. The highest BCUT2D eigenvalue weighted by Crippen LogP contribution is 2.25. The average Bonchev–Trinajstić information content (AvgIpc) is 3.40. The van der Waals surface area contributed by atoms with E-state index in [0.29, 0.717) is 29.6 Å². The van der Waals surface area contributed by atoms with Gasteiger partial charge in [-0.2, -0.15) is 15.0 Å². The van der Waals surface area contributed by atoms with Gasteiger partial charge in [-0.25, -0.2) is 9.37 Å². The number of hydrogen-bond donors (Lipinski definition) is 2. The van der Waals surface area contributed by atoms with Crippen molar-refractivity contribution in [1.82, 2.24) is 24.8 Å². The molecule has 0 saturated carbocycles. The molecular weight excluding hydrogens is 473 g/mol. The molecule has 4 heterocycles. The van der Waals surface area contributed by atoms with Crippen molar-refractivity contribution in [2.24, 2.45) is 0 Å². The minimum atomic E-state index is -0.452. The molecule has 2 fully saturated rings. The molecule has 0 radical (unpaired) electrons. The van der Waals surface area contributed by atoms with E-state index in [0.717, 1.165) is 58.1 Å². The van der Waals surface area contributed by atoms with Gasteiger partial charge in [-0.1, -0.05) is 13.0 Å². The lowest BCUT2D eigenvalue weighted by Crippen LogP contribution is -2.47. The lowest BCUT2D eigenvalue weighted by Gasteiger charge is -2.35. The van der Waals surface area contributed by atoms with Gasteiger partial charge in [-0.15, -0.1) is 0 Å². The number of aromatic nitrogens is 4. The third-order valence-corrected chi connectivity index (χ3v) is 6.97. The van der Waals surface area contributed by atoms with Gasteiger partial charge in [0.25, 0.3) is 0 Å². The van der Waals surface area contributed by atoms with Gasteiger partial charge in [0.15, 0.2) is 11.6 Å². The van der Waals surface area contributed by atoms with Crippen LogP contribution in [0.15, 0.2) is 42.6 Å². The molecule has 10 nitrogen and oxygen atoms in total. The van der Waals surface area contributed by atoms with Crippen molar-refractivity contribution < 1.29 is 9.13 Å². The number of anilines is 5. The van der Waals surface area contributed by atoms with Crippen molar-refractivity contribution in [3.63, 3.8) is 0 Å². The van der Waals surface area contributed by atoms with E-state index in [2.05, 4.69) is 47.2 Å². The van der Waals surface area contributed by atoms with Gasteiger partial charge in [0, 0.05) is 56.7 Å².